The monoisotopic (exact) mass is 219 g/mol. The Balaban J connectivity index is 2.40. The Morgan fingerprint density at radius 2 is 2.27 bits per heavy atom. The molecule has 0 bridgehead atoms. The number of hydrazine groups is 1. The zero-order valence-electron chi connectivity index (χ0n) is 8.47. The van der Waals surface area contributed by atoms with Gasteiger partial charge in [-0.2, -0.15) is 0 Å². The summed E-state index contributed by atoms with van der Waals surface area (Å²) in [5.41, 5.74) is 4.94. The second kappa shape index (κ2) is 4.53. The minimum atomic E-state index is -0.00815. The van der Waals surface area contributed by atoms with Crippen molar-refractivity contribution in [3.63, 3.8) is 0 Å². The topological polar surface area (TPSA) is 50.9 Å². The van der Waals surface area contributed by atoms with Gasteiger partial charge in [-0.3, -0.25) is 10.8 Å². The molecule has 0 saturated carbocycles. The molecule has 2 heterocycles. The van der Waals surface area contributed by atoms with Crippen LogP contribution >= 0.6 is 11.3 Å². The lowest BCUT2D eigenvalue weighted by atomic mass is 10.1. The van der Waals surface area contributed by atoms with Gasteiger partial charge in [0.05, 0.1) is 11.7 Å². The van der Waals surface area contributed by atoms with E-state index in [2.05, 4.69) is 16.5 Å². The lowest BCUT2D eigenvalue weighted by molar-refractivity contribution is 0.626. The van der Waals surface area contributed by atoms with Gasteiger partial charge in [0, 0.05) is 11.1 Å². The van der Waals surface area contributed by atoms with Crippen LogP contribution in [-0.2, 0) is 0 Å². The zero-order valence-corrected chi connectivity index (χ0v) is 9.29. The summed E-state index contributed by atoms with van der Waals surface area (Å²) >= 11 is 1.68. The average molecular weight is 219 g/mol. The van der Waals surface area contributed by atoms with E-state index in [1.165, 1.54) is 4.88 Å². The molecule has 3 N–H and O–H groups in total. The molecule has 0 aliphatic heterocycles. The average Bonchev–Trinajstić information content (AvgIpc) is 2.75. The molecule has 0 amide bonds. The highest BCUT2D eigenvalue weighted by Gasteiger charge is 2.16. The van der Waals surface area contributed by atoms with Crippen LogP contribution in [0.25, 0.3) is 0 Å². The number of hydrogen-bond acceptors (Lipinski definition) is 4. The maximum absolute atomic E-state index is 5.58. The number of hydrogen-bond donors (Lipinski definition) is 2. The molecular weight excluding hydrogens is 206 g/mol. The first kappa shape index (κ1) is 10.3. The number of pyridine rings is 1. The summed E-state index contributed by atoms with van der Waals surface area (Å²) in [6.07, 6.45) is 1.79. The highest BCUT2D eigenvalue weighted by Crippen LogP contribution is 2.25. The third-order valence-corrected chi connectivity index (χ3v) is 3.25. The van der Waals surface area contributed by atoms with Gasteiger partial charge in [-0.15, -0.1) is 11.3 Å². The van der Waals surface area contributed by atoms with Gasteiger partial charge in [0.2, 0.25) is 0 Å². The van der Waals surface area contributed by atoms with Crippen LogP contribution in [0.2, 0.25) is 0 Å². The summed E-state index contributed by atoms with van der Waals surface area (Å²) < 4.78 is 0. The van der Waals surface area contributed by atoms with Crippen molar-refractivity contribution >= 4 is 11.3 Å². The van der Waals surface area contributed by atoms with Crippen molar-refractivity contribution in [3.8, 4) is 0 Å². The van der Waals surface area contributed by atoms with E-state index in [9.17, 15) is 0 Å². The first-order valence-electron chi connectivity index (χ1n) is 4.74. The van der Waals surface area contributed by atoms with Crippen LogP contribution in [0.1, 0.15) is 22.2 Å². The largest absolute Gasteiger partial charge is 0.270 e. The Morgan fingerprint density at radius 1 is 1.40 bits per heavy atom. The minimum Gasteiger partial charge on any atom is -0.270 e. The van der Waals surface area contributed by atoms with Crippen LogP contribution in [0.3, 0.4) is 0 Å². The number of aromatic nitrogens is 1. The molecule has 78 valence electrons. The van der Waals surface area contributed by atoms with Crippen molar-refractivity contribution in [2.24, 2.45) is 5.84 Å². The number of nitrogens with two attached hydrogens (primary N) is 1. The molecule has 2 aromatic heterocycles. The zero-order chi connectivity index (χ0) is 10.7. The molecule has 1 unspecified atom stereocenters. The summed E-state index contributed by atoms with van der Waals surface area (Å²) in [7, 11) is 0. The van der Waals surface area contributed by atoms with Gasteiger partial charge in [-0.25, -0.2) is 5.43 Å². The van der Waals surface area contributed by atoms with Crippen LogP contribution in [0, 0.1) is 6.92 Å². The SMILES string of the molecule is Cc1cccnc1C(NN)c1cccs1. The van der Waals surface area contributed by atoms with Gasteiger partial charge < -0.3 is 0 Å². The third kappa shape index (κ3) is 2.07. The van der Waals surface area contributed by atoms with Crippen LogP contribution < -0.4 is 11.3 Å². The molecule has 0 fully saturated rings. The molecule has 2 aromatic rings. The van der Waals surface area contributed by atoms with Crippen molar-refractivity contribution in [2.45, 2.75) is 13.0 Å². The highest BCUT2D eigenvalue weighted by molar-refractivity contribution is 7.10. The molecule has 0 radical (unpaired) electrons. The summed E-state index contributed by atoms with van der Waals surface area (Å²) in [4.78, 5) is 5.55. The molecular formula is C11H13N3S. The number of rotatable bonds is 3. The van der Waals surface area contributed by atoms with Crippen molar-refractivity contribution in [1.29, 1.82) is 0 Å². The summed E-state index contributed by atoms with van der Waals surface area (Å²) in [6, 6.07) is 8.04. The van der Waals surface area contributed by atoms with Crippen molar-refractivity contribution in [1.82, 2.24) is 10.4 Å². The number of nitrogens with one attached hydrogen (secondary N) is 1. The molecule has 0 saturated heterocycles. The fourth-order valence-corrected chi connectivity index (χ4v) is 2.34. The lowest BCUT2D eigenvalue weighted by Crippen LogP contribution is -2.29. The smallest absolute Gasteiger partial charge is 0.0975 e. The van der Waals surface area contributed by atoms with E-state index >= 15 is 0 Å². The molecule has 4 heteroatoms. The summed E-state index contributed by atoms with van der Waals surface area (Å²) in [5.74, 6) is 5.58. The summed E-state index contributed by atoms with van der Waals surface area (Å²) in [5, 5.41) is 2.04. The predicted molar refractivity (Wildman–Crippen MR) is 62.5 cm³/mol. The van der Waals surface area contributed by atoms with Crippen LogP contribution in [-0.4, -0.2) is 4.98 Å². The van der Waals surface area contributed by atoms with Gasteiger partial charge in [-0.1, -0.05) is 12.1 Å². The van der Waals surface area contributed by atoms with E-state index in [0.717, 1.165) is 11.3 Å². The van der Waals surface area contributed by atoms with E-state index in [4.69, 9.17) is 5.84 Å². The molecule has 0 aliphatic rings. The van der Waals surface area contributed by atoms with E-state index in [-0.39, 0.29) is 6.04 Å². The quantitative estimate of drug-likeness (QED) is 0.613. The summed E-state index contributed by atoms with van der Waals surface area (Å²) in [6.45, 7) is 2.04. The first-order valence-corrected chi connectivity index (χ1v) is 5.62. The fourth-order valence-electron chi connectivity index (χ4n) is 1.55. The van der Waals surface area contributed by atoms with Crippen LogP contribution in [0.4, 0.5) is 0 Å². The molecule has 2 rings (SSSR count). The third-order valence-electron chi connectivity index (χ3n) is 2.32. The Morgan fingerprint density at radius 3 is 2.87 bits per heavy atom. The fraction of sp³-hybridized carbons (Fsp3) is 0.182. The van der Waals surface area contributed by atoms with Crippen LogP contribution in [0.5, 0.6) is 0 Å². The second-order valence-corrected chi connectivity index (χ2v) is 4.30. The van der Waals surface area contributed by atoms with E-state index in [1.807, 2.05) is 30.5 Å². The molecule has 0 aliphatic carbocycles. The Bertz CT molecular complexity index is 425. The van der Waals surface area contributed by atoms with Gasteiger partial charge in [-0.05, 0) is 30.0 Å². The number of nitrogens with zero attached hydrogens (tertiary/aromatic N) is 1. The molecule has 0 spiro atoms. The van der Waals surface area contributed by atoms with Gasteiger partial charge in [0.15, 0.2) is 0 Å². The Kier molecular flexibility index (Phi) is 3.11. The molecule has 1 atom stereocenters. The molecule has 0 aromatic carbocycles. The van der Waals surface area contributed by atoms with E-state index in [1.54, 1.807) is 17.5 Å². The number of thiophene rings is 1. The van der Waals surface area contributed by atoms with Gasteiger partial charge >= 0.3 is 0 Å². The standard InChI is InChI=1S/C11H13N3S/c1-8-4-2-6-13-10(8)11(14-12)9-5-3-7-15-9/h2-7,11,14H,12H2,1H3. The Hall–Kier alpha value is -1.23. The van der Waals surface area contributed by atoms with Gasteiger partial charge in [0.1, 0.15) is 0 Å². The predicted octanol–water partition coefficient (Wildman–Crippen LogP) is 2.00. The Labute approximate surface area is 92.9 Å². The first-order chi connectivity index (χ1) is 7.33. The second-order valence-electron chi connectivity index (χ2n) is 3.32. The minimum absolute atomic E-state index is 0.00815. The maximum Gasteiger partial charge on any atom is 0.0975 e. The maximum atomic E-state index is 5.58. The van der Waals surface area contributed by atoms with E-state index in [0.29, 0.717) is 0 Å². The van der Waals surface area contributed by atoms with Gasteiger partial charge in [0.25, 0.3) is 0 Å². The lowest BCUT2D eigenvalue weighted by Gasteiger charge is -2.15. The van der Waals surface area contributed by atoms with Crippen molar-refractivity contribution in [3.05, 3.63) is 52.0 Å². The van der Waals surface area contributed by atoms with Crippen molar-refractivity contribution in [2.75, 3.05) is 0 Å². The normalized spacial score (nSPS) is 12.7. The number of aryl methyl sites for hydroxylation is 1. The van der Waals surface area contributed by atoms with Crippen LogP contribution in [0.15, 0.2) is 35.8 Å². The molecule has 3 nitrogen and oxygen atoms in total. The van der Waals surface area contributed by atoms with E-state index < -0.39 is 0 Å². The highest BCUT2D eigenvalue weighted by atomic mass is 32.1. The van der Waals surface area contributed by atoms with Crippen molar-refractivity contribution < 1.29 is 0 Å². The molecule has 15 heavy (non-hydrogen) atoms.